The van der Waals surface area contributed by atoms with E-state index in [1.165, 1.54) is 24.5 Å². The monoisotopic (exact) mass is 436 g/mol. The minimum atomic E-state index is -4.67. The Balaban J connectivity index is 1.88. The molecule has 0 aliphatic carbocycles. The first-order valence-electron chi connectivity index (χ1n) is 8.92. The summed E-state index contributed by atoms with van der Waals surface area (Å²) in [5.41, 5.74) is 0.551. The molecule has 31 heavy (non-hydrogen) atoms. The molecule has 0 aliphatic heterocycles. The van der Waals surface area contributed by atoms with Crippen LogP contribution in [0.5, 0.6) is 0 Å². The second-order valence-electron chi connectivity index (χ2n) is 6.59. The fourth-order valence-electron chi connectivity index (χ4n) is 3.15. The molecule has 4 aromatic rings. The first kappa shape index (κ1) is 20.6. The van der Waals surface area contributed by atoms with Crippen LogP contribution in [0.3, 0.4) is 0 Å². The topological polar surface area (TPSA) is 77.4 Å². The molecule has 0 atom stereocenters. The molecule has 0 spiro atoms. The van der Waals surface area contributed by atoms with Gasteiger partial charge in [-0.05, 0) is 24.3 Å². The van der Waals surface area contributed by atoms with Crippen molar-refractivity contribution in [2.45, 2.75) is 25.7 Å². The van der Waals surface area contributed by atoms with E-state index >= 15 is 0 Å². The molecule has 0 unspecified atom stereocenters. The molecule has 0 saturated heterocycles. The molecule has 0 fully saturated rings. The van der Waals surface area contributed by atoms with Crippen LogP contribution in [0.15, 0.2) is 54.1 Å². The lowest BCUT2D eigenvalue weighted by Crippen LogP contribution is -2.09. The number of pyridine rings is 2. The summed E-state index contributed by atoms with van der Waals surface area (Å²) in [6.45, 7) is -0.878. The van der Waals surface area contributed by atoms with E-state index in [1.54, 1.807) is 22.7 Å². The molecule has 0 aromatic carbocycles. The number of rotatable bonds is 6. The Morgan fingerprint density at radius 3 is 2.61 bits per heavy atom. The van der Waals surface area contributed by atoms with Crippen LogP contribution in [0.2, 0.25) is 0 Å². The highest BCUT2D eigenvalue weighted by Gasteiger charge is 2.33. The number of halogens is 5. The number of aromatic nitrogens is 5. The summed E-state index contributed by atoms with van der Waals surface area (Å²) in [5.74, 6) is 0. The van der Waals surface area contributed by atoms with Gasteiger partial charge < -0.3 is 4.40 Å². The van der Waals surface area contributed by atoms with E-state index in [-0.39, 0.29) is 17.9 Å². The van der Waals surface area contributed by atoms with E-state index in [4.69, 9.17) is 0 Å². The Hall–Kier alpha value is -3.70. The molecule has 4 heterocycles. The van der Waals surface area contributed by atoms with Gasteiger partial charge in [-0.3, -0.25) is 4.68 Å². The Morgan fingerprint density at radius 1 is 1.10 bits per heavy atom. The van der Waals surface area contributed by atoms with Crippen molar-refractivity contribution in [2.24, 2.45) is 5.18 Å². The molecule has 0 radical (unpaired) electrons. The fourth-order valence-corrected chi connectivity index (χ4v) is 3.15. The van der Waals surface area contributed by atoms with Gasteiger partial charge in [0.25, 0.3) is 6.43 Å². The van der Waals surface area contributed by atoms with Crippen molar-refractivity contribution in [3.05, 3.63) is 65.2 Å². The summed E-state index contributed by atoms with van der Waals surface area (Å²) in [6.07, 6.45) is -3.01. The molecule has 12 heteroatoms. The van der Waals surface area contributed by atoms with Crippen LogP contribution in [0.1, 0.15) is 11.4 Å². The van der Waals surface area contributed by atoms with Crippen molar-refractivity contribution in [1.82, 2.24) is 24.1 Å². The van der Waals surface area contributed by atoms with Gasteiger partial charge in [-0.15, -0.1) is 0 Å². The maximum atomic E-state index is 13.1. The predicted molar refractivity (Wildman–Crippen MR) is 100 cm³/mol. The molecule has 0 bridgehead atoms. The average molecular weight is 436 g/mol. The van der Waals surface area contributed by atoms with Gasteiger partial charge in [0.1, 0.15) is 30.1 Å². The molecule has 4 aromatic heterocycles. The maximum Gasteiger partial charge on any atom is 0.433 e. The summed E-state index contributed by atoms with van der Waals surface area (Å²) >= 11 is 0. The molecular weight excluding hydrogens is 423 g/mol. The predicted octanol–water partition coefficient (Wildman–Crippen LogP) is 4.81. The van der Waals surface area contributed by atoms with Gasteiger partial charge in [0, 0.05) is 23.5 Å². The van der Waals surface area contributed by atoms with Crippen LogP contribution in [0.4, 0.5) is 22.0 Å². The van der Waals surface area contributed by atoms with Crippen LogP contribution < -0.4 is 0 Å². The first-order valence-corrected chi connectivity index (χ1v) is 8.92. The molecular formula is C19H13F5N6O. The van der Waals surface area contributed by atoms with Crippen LogP contribution in [-0.2, 0) is 19.3 Å². The largest absolute Gasteiger partial charge is 0.433 e. The average Bonchev–Trinajstić information content (AvgIpc) is 3.31. The van der Waals surface area contributed by atoms with Gasteiger partial charge in [0.05, 0.1) is 17.6 Å². The lowest BCUT2D eigenvalue weighted by molar-refractivity contribution is -0.141. The quantitative estimate of drug-likeness (QED) is 0.321. The third-order valence-electron chi connectivity index (χ3n) is 4.49. The third kappa shape index (κ3) is 4.13. The smallest absolute Gasteiger partial charge is 0.301 e. The molecule has 0 saturated carbocycles. The minimum Gasteiger partial charge on any atom is -0.301 e. The highest BCUT2D eigenvalue weighted by molar-refractivity contribution is 5.79. The van der Waals surface area contributed by atoms with Crippen LogP contribution in [0.25, 0.3) is 28.2 Å². The number of hydrogen-bond acceptors (Lipinski definition) is 5. The maximum absolute atomic E-state index is 13.1. The Morgan fingerprint density at radius 2 is 1.90 bits per heavy atom. The van der Waals surface area contributed by atoms with Crippen molar-refractivity contribution in [1.29, 1.82) is 0 Å². The Labute approximate surface area is 171 Å². The van der Waals surface area contributed by atoms with Crippen LogP contribution in [0, 0.1) is 4.91 Å². The van der Waals surface area contributed by atoms with E-state index in [9.17, 15) is 26.9 Å². The second-order valence-corrected chi connectivity index (χ2v) is 6.59. The zero-order valence-electron chi connectivity index (χ0n) is 15.6. The summed E-state index contributed by atoms with van der Waals surface area (Å²) in [4.78, 5) is 18.4. The van der Waals surface area contributed by atoms with Crippen molar-refractivity contribution < 1.29 is 22.0 Å². The molecule has 7 nitrogen and oxygen atoms in total. The van der Waals surface area contributed by atoms with Crippen molar-refractivity contribution in [2.75, 3.05) is 0 Å². The van der Waals surface area contributed by atoms with Gasteiger partial charge in [0.2, 0.25) is 0 Å². The summed E-state index contributed by atoms with van der Waals surface area (Å²) in [7, 11) is 0. The van der Waals surface area contributed by atoms with Gasteiger partial charge in [-0.25, -0.2) is 18.7 Å². The van der Waals surface area contributed by atoms with E-state index < -0.39 is 24.8 Å². The van der Waals surface area contributed by atoms with Crippen molar-refractivity contribution >= 4 is 5.65 Å². The van der Waals surface area contributed by atoms with Gasteiger partial charge >= 0.3 is 6.18 Å². The minimum absolute atomic E-state index is 0.0151. The van der Waals surface area contributed by atoms with E-state index in [0.29, 0.717) is 22.5 Å². The molecule has 0 amide bonds. The Kier molecular flexibility index (Phi) is 5.21. The highest BCUT2D eigenvalue weighted by Crippen LogP contribution is 2.33. The summed E-state index contributed by atoms with van der Waals surface area (Å²) in [6, 6.07) is 6.56. The van der Waals surface area contributed by atoms with E-state index in [1.807, 2.05) is 0 Å². The summed E-state index contributed by atoms with van der Waals surface area (Å²) in [5, 5.41) is 6.90. The lowest BCUT2D eigenvalue weighted by atomic mass is 10.1. The zero-order chi connectivity index (χ0) is 22.2. The number of fused-ring (bicyclic) bond motifs is 1. The molecule has 0 N–H and O–H groups in total. The standard InChI is InChI=1S/C19H13F5N6O/c20-16(21)10-29-9-13(11-4-5-17-25-6-12(7-26-31)30(17)8-11)18(28-29)14-2-1-3-15(27-14)19(22,23)24/h1-6,8-9,16H,7,10H2. The second kappa shape index (κ2) is 7.85. The molecule has 4 rings (SSSR count). The van der Waals surface area contributed by atoms with E-state index in [0.717, 1.165) is 10.7 Å². The lowest BCUT2D eigenvalue weighted by Gasteiger charge is -2.08. The number of imidazole rings is 1. The van der Waals surface area contributed by atoms with E-state index in [2.05, 4.69) is 20.2 Å². The molecule has 160 valence electrons. The number of nitroso groups, excluding NO2 is 1. The zero-order valence-corrected chi connectivity index (χ0v) is 15.6. The fraction of sp³-hybridized carbons (Fsp3) is 0.211. The van der Waals surface area contributed by atoms with Gasteiger partial charge in [-0.1, -0.05) is 11.2 Å². The van der Waals surface area contributed by atoms with Crippen LogP contribution >= 0.6 is 0 Å². The normalized spacial score (nSPS) is 12.1. The van der Waals surface area contributed by atoms with Crippen molar-refractivity contribution in [3.8, 4) is 22.5 Å². The number of alkyl halides is 5. The number of nitrogens with zero attached hydrogens (tertiary/aromatic N) is 6. The van der Waals surface area contributed by atoms with Crippen LogP contribution in [-0.4, -0.2) is 30.6 Å². The number of hydrogen-bond donors (Lipinski definition) is 0. The van der Waals surface area contributed by atoms with Gasteiger partial charge in [-0.2, -0.15) is 23.2 Å². The Bertz CT molecular complexity index is 1250. The highest BCUT2D eigenvalue weighted by atomic mass is 19.4. The van der Waals surface area contributed by atoms with Crippen molar-refractivity contribution in [3.63, 3.8) is 0 Å². The summed E-state index contributed by atoms with van der Waals surface area (Å²) < 4.78 is 67.7. The molecule has 0 aliphatic rings. The SMILES string of the molecule is O=NCc1cnc2ccc(-c3cn(CC(F)F)nc3-c3cccc(C(F)(F)F)n3)cn12. The van der Waals surface area contributed by atoms with Gasteiger partial charge in [0.15, 0.2) is 0 Å². The third-order valence-corrected chi connectivity index (χ3v) is 4.49. The first-order chi connectivity index (χ1) is 14.8.